The monoisotopic (exact) mass is 399 g/mol. The summed E-state index contributed by atoms with van der Waals surface area (Å²) in [5.41, 5.74) is 6.52. The van der Waals surface area contributed by atoms with Gasteiger partial charge in [-0.2, -0.15) is 0 Å². The summed E-state index contributed by atoms with van der Waals surface area (Å²) in [5.74, 6) is 2.11. The maximum absolute atomic E-state index is 5.41. The number of nitrogens with one attached hydrogen (secondary N) is 3. The van der Waals surface area contributed by atoms with Crippen LogP contribution in [0.25, 0.3) is 0 Å². The first-order chi connectivity index (χ1) is 12.8. The highest BCUT2D eigenvalue weighted by Gasteiger charge is 2.24. The van der Waals surface area contributed by atoms with Crippen molar-refractivity contribution >= 4 is 33.9 Å². The maximum Gasteiger partial charge on any atom is 0.175 e. The van der Waals surface area contributed by atoms with Gasteiger partial charge in [-0.3, -0.25) is 30.6 Å². The van der Waals surface area contributed by atoms with Gasteiger partial charge in [-0.05, 0) is 0 Å². The van der Waals surface area contributed by atoms with Gasteiger partial charge < -0.3 is 10.1 Å². The Morgan fingerprint density at radius 1 is 0.885 bits per heavy atom. The first kappa shape index (κ1) is 18.8. The minimum Gasteiger partial charge on any atom is -0.379 e. The van der Waals surface area contributed by atoms with Gasteiger partial charge in [-0.1, -0.05) is 23.5 Å². The van der Waals surface area contributed by atoms with E-state index in [1.165, 1.54) is 0 Å². The van der Waals surface area contributed by atoms with Gasteiger partial charge in [0.05, 0.1) is 25.3 Å². The summed E-state index contributed by atoms with van der Waals surface area (Å²) in [4.78, 5) is 14.6. The molecule has 8 nitrogen and oxygen atoms in total. The SMILES string of the molecule is C1CN(CC2CSC(NNC3=NC(CN4CCOCC4)CS3)=N2)CCN1. The lowest BCUT2D eigenvalue weighted by atomic mass is 10.3. The Balaban J connectivity index is 1.18. The Hall–Kier alpha value is -0.520. The van der Waals surface area contributed by atoms with Gasteiger partial charge in [0, 0.05) is 63.9 Å². The fraction of sp³-hybridized carbons (Fsp3) is 0.875. The van der Waals surface area contributed by atoms with Crippen molar-refractivity contribution in [2.75, 3.05) is 77.1 Å². The predicted octanol–water partition coefficient (Wildman–Crippen LogP) is -0.739. The molecule has 2 atom stereocenters. The Morgan fingerprint density at radius 3 is 2.00 bits per heavy atom. The highest BCUT2D eigenvalue weighted by atomic mass is 32.2. The van der Waals surface area contributed by atoms with Crippen LogP contribution in [0.1, 0.15) is 0 Å². The van der Waals surface area contributed by atoms with Crippen molar-refractivity contribution in [3.8, 4) is 0 Å². The summed E-state index contributed by atoms with van der Waals surface area (Å²) in [7, 11) is 0. The third-order valence-electron chi connectivity index (χ3n) is 4.95. The number of nitrogens with zero attached hydrogens (tertiary/aromatic N) is 4. The third kappa shape index (κ3) is 5.49. The number of morpholine rings is 1. The lowest BCUT2D eigenvalue weighted by Gasteiger charge is -2.28. The van der Waals surface area contributed by atoms with E-state index in [9.17, 15) is 0 Å². The molecule has 2 fully saturated rings. The third-order valence-corrected chi connectivity index (χ3v) is 7.02. The smallest absolute Gasteiger partial charge is 0.175 e. The summed E-state index contributed by atoms with van der Waals surface area (Å²) in [5, 5.41) is 5.37. The summed E-state index contributed by atoms with van der Waals surface area (Å²) in [6.45, 7) is 10.3. The molecule has 0 aromatic carbocycles. The number of amidine groups is 2. The summed E-state index contributed by atoms with van der Waals surface area (Å²) in [6, 6.07) is 0.774. The Kier molecular flexibility index (Phi) is 6.96. The Labute approximate surface area is 163 Å². The van der Waals surface area contributed by atoms with E-state index in [0.29, 0.717) is 12.1 Å². The van der Waals surface area contributed by atoms with Gasteiger partial charge in [-0.25, -0.2) is 0 Å². The second-order valence-electron chi connectivity index (χ2n) is 7.01. The largest absolute Gasteiger partial charge is 0.379 e. The topological polar surface area (TPSA) is 76.5 Å². The summed E-state index contributed by atoms with van der Waals surface area (Å²) >= 11 is 3.59. The van der Waals surface area contributed by atoms with E-state index in [4.69, 9.17) is 14.7 Å². The number of hydrogen-bond acceptors (Lipinski definition) is 10. The van der Waals surface area contributed by atoms with Gasteiger partial charge in [0.2, 0.25) is 0 Å². The number of piperazine rings is 1. The van der Waals surface area contributed by atoms with Crippen LogP contribution in [0.15, 0.2) is 9.98 Å². The average Bonchev–Trinajstić information content (AvgIpc) is 3.31. The van der Waals surface area contributed by atoms with Crippen molar-refractivity contribution < 1.29 is 4.74 Å². The number of aliphatic imine (C=N–C) groups is 2. The van der Waals surface area contributed by atoms with Gasteiger partial charge in [0.15, 0.2) is 10.3 Å². The highest BCUT2D eigenvalue weighted by molar-refractivity contribution is 8.14. The lowest BCUT2D eigenvalue weighted by Crippen LogP contribution is -2.46. The van der Waals surface area contributed by atoms with Gasteiger partial charge in [0.1, 0.15) is 0 Å². The zero-order chi connectivity index (χ0) is 17.6. The highest BCUT2D eigenvalue weighted by Crippen LogP contribution is 2.19. The van der Waals surface area contributed by atoms with Crippen molar-refractivity contribution in [1.29, 1.82) is 0 Å². The van der Waals surface area contributed by atoms with Crippen LogP contribution in [0, 0.1) is 0 Å². The first-order valence-corrected chi connectivity index (χ1v) is 11.5. The Bertz CT molecular complexity index is 475. The molecule has 26 heavy (non-hydrogen) atoms. The number of rotatable bonds is 4. The van der Waals surface area contributed by atoms with Crippen molar-refractivity contribution in [2.45, 2.75) is 12.1 Å². The van der Waals surface area contributed by atoms with Crippen LogP contribution in [0.2, 0.25) is 0 Å². The van der Waals surface area contributed by atoms with E-state index >= 15 is 0 Å². The number of ether oxygens (including phenoxy) is 1. The van der Waals surface area contributed by atoms with Crippen LogP contribution in [-0.2, 0) is 4.74 Å². The molecule has 4 rings (SSSR count). The molecule has 0 saturated carbocycles. The van der Waals surface area contributed by atoms with E-state index in [-0.39, 0.29) is 0 Å². The standard InChI is InChI=1S/C16H29N7OS2/c1-3-22(4-2-17-1)9-13-11-25-15(18-13)20-21-16-19-14(12-26-16)10-23-5-7-24-8-6-23/h13-14,17H,1-12H2,(H,18,20)(H,19,21). The van der Waals surface area contributed by atoms with Crippen molar-refractivity contribution in [3.05, 3.63) is 0 Å². The zero-order valence-corrected chi connectivity index (χ0v) is 16.8. The van der Waals surface area contributed by atoms with Gasteiger partial charge in [-0.15, -0.1) is 0 Å². The zero-order valence-electron chi connectivity index (χ0n) is 15.2. The molecule has 4 aliphatic rings. The van der Waals surface area contributed by atoms with Gasteiger partial charge >= 0.3 is 0 Å². The molecule has 2 saturated heterocycles. The quantitative estimate of drug-likeness (QED) is 0.534. The fourth-order valence-corrected chi connectivity index (χ4v) is 5.29. The van der Waals surface area contributed by atoms with E-state index < -0.39 is 0 Å². The summed E-state index contributed by atoms with van der Waals surface area (Å²) < 4.78 is 5.41. The van der Waals surface area contributed by atoms with Gasteiger partial charge in [0.25, 0.3) is 0 Å². The van der Waals surface area contributed by atoms with Crippen molar-refractivity contribution in [1.82, 2.24) is 26.0 Å². The fourth-order valence-electron chi connectivity index (χ4n) is 3.54. The van der Waals surface area contributed by atoms with Crippen LogP contribution in [0.4, 0.5) is 0 Å². The molecule has 10 heteroatoms. The van der Waals surface area contributed by atoms with Crippen LogP contribution in [0.3, 0.4) is 0 Å². The van der Waals surface area contributed by atoms with Crippen molar-refractivity contribution in [3.63, 3.8) is 0 Å². The molecule has 4 heterocycles. The molecule has 0 spiro atoms. The normalized spacial score (nSPS) is 30.9. The molecule has 0 aromatic rings. The van der Waals surface area contributed by atoms with Crippen LogP contribution < -0.4 is 16.2 Å². The second-order valence-corrected chi connectivity index (χ2v) is 9.03. The minimum atomic E-state index is 0.376. The molecule has 4 aliphatic heterocycles. The summed E-state index contributed by atoms with van der Waals surface area (Å²) in [6.07, 6.45) is 0. The molecule has 0 aliphatic carbocycles. The van der Waals surface area contributed by atoms with Crippen LogP contribution in [0.5, 0.6) is 0 Å². The molecular weight excluding hydrogens is 370 g/mol. The number of thioether (sulfide) groups is 2. The molecule has 0 amide bonds. The van der Waals surface area contributed by atoms with E-state index in [0.717, 1.165) is 87.4 Å². The van der Waals surface area contributed by atoms with E-state index in [2.05, 4.69) is 26.0 Å². The van der Waals surface area contributed by atoms with E-state index in [1.54, 1.807) is 23.5 Å². The average molecular weight is 400 g/mol. The lowest BCUT2D eigenvalue weighted by molar-refractivity contribution is 0.0364. The van der Waals surface area contributed by atoms with E-state index in [1.807, 2.05) is 0 Å². The molecule has 0 radical (unpaired) electrons. The molecule has 3 N–H and O–H groups in total. The van der Waals surface area contributed by atoms with Crippen molar-refractivity contribution in [2.24, 2.45) is 9.98 Å². The van der Waals surface area contributed by atoms with Crippen LogP contribution >= 0.6 is 23.5 Å². The predicted molar refractivity (Wildman–Crippen MR) is 110 cm³/mol. The molecule has 146 valence electrons. The maximum atomic E-state index is 5.41. The van der Waals surface area contributed by atoms with Crippen LogP contribution in [-0.4, -0.2) is 109 Å². The number of hydrazine groups is 1. The first-order valence-electron chi connectivity index (χ1n) is 9.51. The molecular formula is C16H29N7OS2. The second kappa shape index (κ2) is 9.61. The molecule has 0 aromatic heterocycles. The molecule has 0 bridgehead atoms. The number of hydrogen-bond donors (Lipinski definition) is 3. The minimum absolute atomic E-state index is 0.376. The molecule has 2 unspecified atom stereocenters. The Morgan fingerprint density at radius 2 is 1.42 bits per heavy atom.